The number of anilines is 1. The van der Waals surface area contributed by atoms with Crippen molar-refractivity contribution in [2.45, 2.75) is 37.9 Å². The SMILES string of the molecule is O=C(Cc1cccc(F)c1)NC[C@H]1CC[C@H]2CN(C(=O)c3ccccc3)c3ccccc3CN12. The Morgan fingerprint density at radius 3 is 2.56 bits per heavy atom. The van der Waals surface area contributed by atoms with Crippen LogP contribution in [0.5, 0.6) is 0 Å². The lowest BCUT2D eigenvalue weighted by Gasteiger charge is -2.29. The van der Waals surface area contributed by atoms with Gasteiger partial charge in [0, 0.05) is 43.0 Å². The van der Waals surface area contributed by atoms with Crippen LogP contribution < -0.4 is 10.2 Å². The highest BCUT2D eigenvalue weighted by molar-refractivity contribution is 6.06. The number of para-hydroxylation sites is 1. The first-order valence-corrected chi connectivity index (χ1v) is 11.8. The van der Waals surface area contributed by atoms with Crippen molar-refractivity contribution in [3.63, 3.8) is 0 Å². The summed E-state index contributed by atoms with van der Waals surface area (Å²) in [5.41, 5.74) is 3.43. The number of nitrogens with zero attached hydrogens (tertiary/aromatic N) is 2. The number of carbonyl (C=O) groups is 2. The molecule has 5 rings (SSSR count). The second kappa shape index (κ2) is 9.77. The lowest BCUT2D eigenvalue weighted by molar-refractivity contribution is -0.120. The highest BCUT2D eigenvalue weighted by Gasteiger charge is 2.38. The van der Waals surface area contributed by atoms with Crippen molar-refractivity contribution < 1.29 is 14.0 Å². The van der Waals surface area contributed by atoms with E-state index in [1.165, 1.54) is 12.1 Å². The van der Waals surface area contributed by atoms with Gasteiger partial charge in [0.15, 0.2) is 0 Å². The highest BCUT2D eigenvalue weighted by Crippen LogP contribution is 2.35. The third-order valence-electron chi connectivity index (χ3n) is 6.85. The predicted octanol–water partition coefficient (Wildman–Crippen LogP) is 4.18. The molecule has 0 spiro atoms. The van der Waals surface area contributed by atoms with Crippen molar-refractivity contribution >= 4 is 17.5 Å². The van der Waals surface area contributed by atoms with E-state index >= 15 is 0 Å². The van der Waals surface area contributed by atoms with Gasteiger partial charge in [0.05, 0.1) is 6.42 Å². The quantitative estimate of drug-likeness (QED) is 0.626. The van der Waals surface area contributed by atoms with Gasteiger partial charge in [0.1, 0.15) is 5.82 Å². The molecule has 2 aliphatic rings. The molecule has 1 N–H and O–H groups in total. The van der Waals surface area contributed by atoms with E-state index in [4.69, 9.17) is 0 Å². The Labute approximate surface area is 199 Å². The molecule has 0 bridgehead atoms. The molecule has 2 heterocycles. The number of nitrogens with one attached hydrogen (secondary N) is 1. The molecule has 5 nitrogen and oxygen atoms in total. The average Bonchev–Trinajstić information content (AvgIpc) is 3.14. The summed E-state index contributed by atoms with van der Waals surface area (Å²) in [5.74, 6) is -0.423. The van der Waals surface area contributed by atoms with E-state index in [2.05, 4.69) is 16.3 Å². The molecule has 6 heteroatoms. The Morgan fingerprint density at radius 1 is 0.941 bits per heavy atom. The molecular weight excluding hydrogens is 429 g/mol. The Bertz CT molecular complexity index is 1180. The van der Waals surface area contributed by atoms with Gasteiger partial charge in [-0.3, -0.25) is 14.5 Å². The van der Waals surface area contributed by atoms with Gasteiger partial charge in [-0.15, -0.1) is 0 Å². The molecule has 3 aromatic rings. The van der Waals surface area contributed by atoms with E-state index in [0.717, 1.165) is 30.6 Å². The minimum absolute atomic E-state index is 0.0155. The average molecular weight is 458 g/mol. The van der Waals surface area contributed by atoms with Gasteiger partial charge in [0.25, 0.3) is 5.91 Å². The summed E-state index contributed by atoms with van der Waals surface area (Å²) < 4.78 is 13.4. The van der Waals surface area contributed by atoms with Crippen LogP contribution in [-0.2, 0) is 17.8 Å². The predicted molar refractivity (Wildman–Crippen MR) is 130 cm³/mol. The van der Waals surface area contributed by atoms with E-state index < -0.39 is 0 Å². The van der Waals surface area contributed by atoms with Gasteiger partial charge in [-0.2, -0.15) is 0 Å². The number of halogens is 1. The van der Waals surface area contributed by atoms with Gasteiger partial charge in [-0.1, -0.05) is 48.5 Å². The highest BCUT2D eigenvalue weighted by atomic mass is 19.1. The van der Waals surface area contributed by atoms with Gasteiger partial charge in [-0.05, 0) is 54.3 Å². The number of carbonyl (C=O) groups excluding carboxylic acids is 2. The fourth-order valence-electron chi connectivity index (χ4n) is 5.16. The summed E-state index contributed by atoms with van der Waals surface area (Å²) in [5, 5.41) is 3.05. The number of hydrogen-bond acceptors (Lipinski definition) is 3. The van der Waals surface area contributed by atoms with Crippen molar-refractivity contribution in [3.05, 3.63) is 101 Å². The molecular formula is C28H28FN3O2. The smallest absolute Gasteiger partial charge is 0.258 e. The van der Waals surface area contributed by atoms with E-state index in [1.54, 1.807) is 12.1 Å². The zero-order valence-electron chi connectivity index (χ0n) is 19.0. The summed E-state index contributed by atoms with van der Waals surface area (Å²) in [6.07, 6.45) is 2.09. The second-order valence-electron chi connectivity index (χ2n) is 9.08. The van der Waals surface area contributed by atoms with Crippen LogP contribution in [0, 0.1) is 5.82 Å². The van der Waals surface area contributed by atoms with Crippen molar-refractivity contribution in [1.82, 2.24) is 10.2 Å². The Morgan fingerprint density at radius 2 is 1.74 bits per heavy atom. The number of rotatable bonds is 5. The Hall–Kier alpha value is -3.51. The molecule has 0 saturated carbocycles. The van der Waals surface area contributed by atoms with E-state index in [0.29, 0.717) is 24.2 Å². The number of amides is 2. The maximum Gasteiger partial charge on any atom is 0.258 e. The first-order valence-electron chi connectivity index (χ1n) is 11.8. The second-order valence-corrected chi connectivity index (χ2v) is 9.08. The molecule has 3 aromatic carbocycles. The summed E-state index contributed by atoms with van der Waals surface area (Å²) in [6, 6.07) is 24.1. The van der Waals surface area contributed by atoms with E-state index in [1.807, 2.05) is 53.4 Å². The lowest BCUT2D eigenvalue weighted by Crippen LogP contribution is -2.46. The first-order chi connectivity index (χ1) is 16.6. The van der Waals surface area contributed by atoms with Crippen molar-refractivity contribution in [3.8, 4) is 0 Å². The maximum atomic E-state index is 13.4. The summed E-state index contributed by atoms with van der Waals surface area (Å²) in [6.45, 7) is 1.90. The molecule has 1 fully saturated rings. The van der Waals surface area contributed by atoms with Gasteiger partial charge in [-0.25, -0.2) is 4.39 Å². The third-order valence-corrected chi connectivity index (χ3v) is 6.85. The zero-order valence-corrected chi connectivity index (χ0v) is 19.0. The number of hydrogen-bond donors (Lipinski definition) is 1. The van der Waals surface area contributed by atoms with E-state index in [-0.39, 0.29) is 36.1 Å². The molecule has 0 radical (unpaired) electrons. The van der Waals surface area contributed by atoms with E-state index in [9.17, 15) is 14.0 Å². The summed E-state index contributed by atoms with van der Waals surface area (Å²) in [7, 11) is 0. The van der Waals surface area contributed by atoms with Gasteiger partial charge in [0.2, 0.25) is 5.91 Å². The van der Waals surface area contributed by atoms with Crippen LogP contribution in [0.2, 0.25) is 0 Å². The Balaban J connectivity index is 1.30. The standard InChI is InChI=1S/C28H28FN3O2/c29-23-11-6-7-20(15-23)16-27(33)30-17-24-13-14-25-19-32(28(34)21-8-2-1-3-9-21)26-12-5-4-10-22(26)18-31(24)25/h1-12,15,24-25H,13-14,16-19H2,(H,30,33)/t24-,25+/m1/s1. The lowest BCUT2D eigenvalue weighted by atomic mass is 10.1. The van der Waals surface area contributed by atoms with Crippen LogP contribution in [-0.4, -0.2) is 41.9 Å². The van der Waals surface area contributed by atoms with Gasteiger partial charge >= 0.3 is 0 Å². The van der Waals surface area contributed by atoms with Crippen LogP contribution in [0.25, 0.3) is 0 Å². The monoisotopic (exact) mass is 457 g/mol. The minimum atomic E-state index is -0.332. The minimum Gasteiger partial charge on any atom is -0.354 e. The molecule has 174 valence electrons. The van der Waals surface area contributed by atoms with Crippen molar-refractivity contribution in [2.75, 3.05) is 18.0 Å². The van der Waals surface area contributed by atoms with Crippen molar-refractivity contribution in [2.24, 2.45) is 0 Å². The largest absolute Gasteiger partial charge is 0.354 e. The van der Waals surface area contributed by atoms with Crippen LogP contribution >= 0.6 is 0 Å². The van der Waals surface area contributed by atoms with Crippen LogP contribution in [0.15, 0.2) is 78.9 Å². The summed E-state index contributed by atoms with van der Waals surface area (Å²) >= 11 is 0. The van der Waals surface area contributed by atoms with Crippen LogP contribution in [0.1, 0.15) is 34.3 Å². The first kappa shape index (κ1) is 22.3. The molecule has 0 unspecified atom stereocenters. The molecule has 2 amide bonds. The molecule has 0 aliphatic carbocycles. The van der Waals surface area contributed by atoms with Crippen molar-refractivity contribution in [1.29, 1.82) is 0 Å². The fourth-order valence-corrected chi connectivity index (χ4v) is 5.16. The number of benzene rings is 3. The maximum absolute atomic E-state index is 13.4. The molecule has 2 atom stereocenters. The normalized spacial score (nSPS) is 19.7. The molecule has 34 heavy (non-hydrogen) atoms. The molecule has 1 saturated heterocycles. The van der Waals surface area contributed by atoms with Gasteiger partial charge < -0.3 is 10.2 Å². The third kappa shape index (κ3) is 4.73. The zero-order chi connectivity index (χ0) is 23.5. The molecule has 0 aromatic heterocycles. The Kier molecular flexibility index (Phi) is 6.41. The molecule has 2 aliphatic heterocycles. The fraction of sp³-hybridized carbons (Fsp3) is 0.286. The van der Waals surface area contributed by atoms with Crippen LogP contribution in [0.4, 0.5) is 10.1 Å². The van der Waals surface area contributed by atoms with Crippen LogP contribution in [0.3, 0.4) is 0 Å². The topological polar surface area (TPSA) is 52.7 Å². The number of fused-ring (bicyclic) bond motifs is 2. The summed E-state index contributed by atoms with van der Waals surface area (Å²) in [4.78, 5) is 30.3.